The lowest BCUT2D eigenvalue weighted by Crippen LogP contribution is -2.78. The molecule has 0 aromatic heterocycles. The highest BCUT2D eigenvalue weighted by atomic mass is 28.3. The van der Waals surface area contributed by atoms with E-state index in [1.165, 1.54) is 48.1 Å². The predicted molar refractivity (Wildman–Crippen MR) is 142 cm³/mol. The zero-order valence-corrected chi connectivity index (χ0v) is 21.7. The summed E-state index contributed by atoms with van der Waals surface area (Å²) >= 11 is 0. The minimum Gasteiger partial charge on any atom is -0.327 e. The molecule has 4 rings (SSSR count). The van der Waals surface area contributed by atoms with Gasteiger partial charge < -0.3 is 4.98 Å². The van der Waals surface area contributed by atoms with Crippen LogP contribution in [-0.2, 0) is 0 Å². The van der Waals surface area contributed by atoms with Crippen molar-refractivity contribution in [2.75, 3.05) is 0 Å². The van der Waals surface area contributed by atoms with E-state index >= 15 is 0 Å². The van der Waals surface area contributed by atoms with Gasteiger partial charge in [0.25, 0.3) is 0 Å². The second kappa shape index (κ2) is 9.15. The highest BCUT2D eigenvalue weighted by Crippen LogP contribution is 2.58. The first-order valence-electron chi connectivity index (χ1n) is 12.6. The van der Waals surface area contributed by atoms with Gasteiger partial charge in [0, 0.05) is 11.1 Å². The van der Waals surface area contributed by atoms with Crippen LogP contribution >= 0.6 is 0 Å². The van der Waals surface area contributed by atoms with Gasteiger partial charge in [0.2, 0.25) is 8.24 Å². The molecule has 1 unspecified atom stereocenters. The first-order valence-corrected chi connectivity index (χ1v) is 14.6. The van der Waals surface area contributed by atoms with Gasteiger partial charge in [0.1, 0.15) is 0 Å². The maximum absolute atomic E-state index is 4.49. The SMILES string of the molecule is CC(C)C1=CC(C(C)(C)C)([Si](NC2CCCCC2)(c2ccccc2)c2ccccc2)C=C1. The maximum atomic E-state index is 4.49. The Morgan fingerprint density at radius 1 is 0.844 bits per heavy atom. The van der Waals surface area contributed by atoms with Gasteiger partial charge in [0.05, 0.1) is 0 Å². The van der Waals surface area contributed by atoms with Crippen molar-refractivity contribution in [1.82, 2.24) is 4.98 Å². The topological polar surface area (TPSA) is 12.0 Å². The number of hydrogen-bond donors (Lipinski definition) is 1. The van der Waals surface area contributed by atoms with Gasteiger partial charge >= 0.3 is 0 Å². The Labute approximate surface area is 197 Å². The van der Waals surface area contributed by atoms with E-state index in [-0.39, 0.29) is 10.5 Å². The quantitative estimate of drug-likeness (QED) is 0.495. The summed E-state index contributed by atoms with van der Waals surface area (Å²) in [5.41, 5.74) is 1.55. The molecule has 0 radical (unpaired) electrons. The van der Waals surface area contributed by atoms with E-state index in [0.29, 0.717) is 12.0 Å². The summed E-state index contributed by atoms with van der Waals surface area (Å²) < 4.78 is 0. The number of rotatable bonds is 6. The number of allylic oxidation sites excluding steroid dienone is 4. The zero-order valence-electron chi connectivity index (χ0n) is 20.7. The molecule has 2 aromatic carbocycles. The van der Waals surface area contributed by atoms with Crippen molar-refractivity contribution in [2.45, 2.75) is 77.8 Å². The molecule has 0 amide bonds. The predicted octanol–water partition coefficient (Wildman–Crippen LogP) is 6.61. The lowest BCUT2D eigenvalue weighted by molar-refractivity contribution is 0.339. The van der Waals surface area contributed by atoms with Crippen molar-refractivity contribution in [3.8, 4) is 0 Å². The molecule has 2 aliphatic carbocycles. The Bertz CT molecular complexity index is 906. The lowest BCUT2D eigenvalue weighted by Gasteiger charge is -2.55. The van der Waals surface area contributed by atoms with Crippen LogP contribution in [0.15, 0.2) is 84.5 Å². The van der Waals surface area contributed by atoms with Gasteiger partial charge in [-0.05, 0) is 40.1 Å². The fourth-order valence-electron chi connectivity index (χ4n) is 6.07. The average Bonchev–Trinajstić information content (AvgIpc) is 3.27. The molecule has 0 heterocycles. The van der Waals surface area contributed by atoms with Crippen molar-refractivity contribution < 1.29 is 0 Å². The first kappa shape index (κ1) is 23.3. The van der Waals surface area contributed by atoms with Crippen LogP contribution in [-0.4, -0.2) is 14.3 Å². The van der Waals surface area contributed by atoms with Crippen LogP contribution in [0.2, 0.25) is 5.04 Å². The molecule has 1 N–H and O–H groups in total. The molecular formula is C30H41NSi. The monoisotopic (exact) mass is 443 g/mol. The van der Waals surface area contributed by atoms with Gasteiger partial charge in [-0.1, -0.05) is 133 Å². The normalized spacial score (nSPS) is 22.4. The average molecular weight is 444 g/mol. The summed E-state index contributed by atoms with van der Waals surface area (Å²) in [5, 5.41) is 2.94. The van der Waals surface area contributed by atoms with Crippen molar-refractivity contribution in [3.05, 3.63) is 84.5 Å². The molecule has 0 aliphatic heterocycles. The van der Waals surface area contributed by atoms with E-state index in [1.54, 1.807) is 0 Å². The Kier molecular flexibility index (Phi) is 6.65. The third kappa shape index (κ3) is 3.97. The van der Waals surface area contributed by atoms with E-state index in [2.05, 4.69) is 118 Å². The first-order chi connectivity index (χ1) is 15.3. The van der Waals surface area contributed by atoms with Crippen LogP contribution in [0.4, 0.5) is 0 Å². The Morgan fingerprint density at radius 3 is 1.81 bits per heavy atom. The number of nitrogens with one attached hydrogen (secondary N) is 1. The third-order valence-corrected chi connectivity index (χ3v) is 13.4. The van der Waals surface area contributed by atoms with E-state index in [0.717, 1.165) is 0 Å². The van der Waals surface area contributed by atoms with Crippen LogP contribution < -0.4 is 15.4 Å². The smallest absolute Gasteiger partial charge is 0.204 e. The minimum atomic E-state index is -2.49. The van der Waals surface area contributed by atoms with E-state index in [1.807, 2.05) is 0 Å². The van der Waals surface area contributed by atoms with Gasteiger partial charge in [-0.3, -0.25) is 0 Å². The molecule has 2 aliphatic rings. The molecule has 32 heavy (non-hydrogen) atoms. The second-order valence-electron chi connectivity index (χ2n) is 11.2. The summed E-state index contributed by atoms with van der Waals surface area (Å²) in [4.78, 5) is 4.49. The van der Waals surface area contributed by atoms with Crippen molar-refractivity contribution in [2.24, 2.45) is 11.3 Å². The molecule has 0 saturated heterocycles. The molecule has 2 aromatic rings. The van der Waals surface area contributed by atoms with E-state index < -0.39 is 8.24 Å². The molecule has 1 atom stereocenters. The van der Waals surface area contributed by atoms with Crippen LogP contribution in [0.25, 0.3) is 0 Å². The van der Waals surface area contributed by atoms with Crippen molar-refractivity contribution in [1.29, 1.82) is 0 Å². The highest BCUT2D eigenvalue weighted by molar-refractivity contribution is 7.03. The highest BCUT2D eigenvalue weighted by Gasteiger charge is 2.60. The Morgan fingerprint density at radius 2 is 1.38 bits per heavy atom. The van der Waals surface area contributed by atoms with Gasteiger partial charge in [-0.15, -0.1) is 0 Å². The molecule has 1 nitrogen and oxygen atoms in total. The summed E-state index contributed by atoms with van der Waals surface area (Å²) in [6.45, 7) is 12.0. The van der Waals surface area contributed by atoms with Crippen LogP contribution in [0, 0.1) is 11.3 Å². The summed E-state index contributed by atoms with van der Waals surface area (Å²) in [6, 6.07) is 23.5. The number of hydrogen-bond acceptors (Lipinski definition) is 1. The molecule has 1 fully saturated rings. The van der Waals surface area contributed by atoms with E-state index in [4.69, 9.17) is 0 Å². The minimum absolute atomic E-state index is 0.0558. The fourth-order valence-corrected chi connectivity index (χ4v) is 12.1. The van der Waals surface area contributed by atoms with Crippen LogP contribution in [0.5, 0.6) is 0 Å². The van der Waals surface area contributed by atoms with Crippen LogP contribution in [0.1, 0.15) is 66.7 Å². The second-order valence-corrected chi connectivity index (χ2v) is 15.0. The van der Waals surface area contributed by atoms with Crippen molar-refractivity contribution in [3.63, 3.8) is 0 Å². The molecular weight excluding hydrogens is 402 g/mol. The van der Waals surface area contributed by atoms with Crippen LogP contribution in [0.3, 0.4) is 0 Å². The molecule has 170 valence electrons. The number of benzene rings is 2. The fraction of sp³-hybridized carbons (Fsp3) is 0.467. The Hall–Kier alpha value is -1.90. The summed E-state index contributed by atoms with van der Waals surface area (Å²) in [6.07, 6.45) is 14.3. The largest absolute Gasteiger partial charge is 0.327 e. The van der Waals surface area contributed by atoms with Gasteiger partial charge in [-0.2, -0.15) is 0 Å². The lowest BCUT2D eigenvalue weighted by atomic mass is 9.80. The molecule has 0 bridgehead atoms. The van der Waals surface area contributed by atoms with Crippen molar-refractivity contribution >= 4 is 18.6 Å². The van der Waals surface area contributed by atoms with Gasteiger partial charge in [0.15, 0.2) is 0 Å². The third-order valence-electron chi connectivity index (χ3n) is 7.90. The van der Waals surface area contributed by atoms with E-state index in [9.17, 15) is 0 Å². The summed E-state index contributed by atoms with van der Waals surface area (Å²) in [7, 11) is -2.49. The van der Waals surface area contributed by atoms with Gasteiger partial charge in [-0.25, -0.2) is 0 Å². The Balaban J connectivity index is 2.04. The molecule has 0 spiro atoms. The molecule has 2 heteroatoms. The maximum Gasteiger partial charge on any atom is 0.204 e. The zero-order chi connectivity index (χ0) is 22.8. The molecule has 1 saturated carbocycles. The summed E-state index contributed by atoms with van der Waals surface area (Å²) in [5.74, 6) is 0.531. The standard InChI is InChI=1S/C30H41NSi/c1-24(2)25-21-22-30(23-25,29(3,4)5)32(27-17-11-7-12-18-27,28-19-13-8-14-20-28)31-26-15-9-6-10-16-26/h7-8,11-14,17-24,26,31H,6,9-10,15-16H2,1-5H3.